The first-order chi connectivity index (χ1) is 8.72. The van der Waals surface area contributed by atoms with Crippen LogP contribution in [0.4, 0.5) is 10.2 Å². The summed E-state index contributed by atoms with van der Waals surface area (Å²) in [6.07, 6.45) is 2.40. The van der Waals surface area contributed by atoms with Crippen LogP contribution in [0.2, 0.25) is 0 Å². The van der Waals surface area contributed by atoms with E-state index in [1.807, 2.05) is 0 Å². The zero-order valence-corrected chi connectivity index (χ0v) is 9.73. The number of hydrogen-bond donors (Lipinski definition) is 1. The molecular formula is C13H13FN2O2. The van der Waals surface area contributed by atoms with Gasteiger partial charge in [0.15, 0.2) is 11.6 Å². The van der Waals surface area contributed by atoms with Crippen molar-refractivity contribution in [2.45, 2.75) is 12.8 Å². The predicted molar refractivity (Wildman–Crippen MR) is 64.5 cm³/mol. The Morgan fingerprint density at radius 1 is 1.39 bits per heavy atom. The van der Waals surface area contributed by atoms with Crippen LogP contribution >= 0.6 is 0 Å². The van der Waals surface area contributed by atoms with Gasteiger partial charge in [-0.05, 0) is 37.0 Å². The molecule has 2 aromatic rings. The molecule has 0 aliphatic heterocycles. The van der Waals surface area contributed by atoms with Crippen molar-refractivity contribution < 1.29 is 13.7 Å². The molecule has 3 rings (SSSR count). The first-order valence-corrected chi connectivity index (χ1v) is 5.87. The average Bonchev–Trinajstić information content (AvgIpc) is 3.09. The van der Waals surface area contributed by atoms with Gasteiger partial charge in [-0.25, -0.2) is 4.39 Å². The molecule has 2 N–H and O–H groups in total. The highest BCUT2D eigenvalue weighted by molar-refractivity contribution is 5.67. The molecule has 0 atom stereocenters. The minimum Gasteiger partial charge on any atom is -0.493 e. The summed E-state index contributed by atoms with van der Waals surface area (Å²) in [5.74, 6) is 1.56. The van der Waals surface area contributed by atoms with Crippen molar-refractivity contribution in [3.63, 3.8) is 0 Å². The Bertz CT molecular complexity index is 564. The van der Waals surface area contributed by atoms with Crippen LogP contribution in [0.5, 0.6) is 5.75 Å². The summed E-state index contributed by atoms with van der Waals surface area (Å²) in [6, 6.07) is 5.89. The minimum absolute atomic E-state index is 0.266. The Kier molecular flexibility index (Phi) is 2.66. The van der Waals surface area contributed by atoms with Crippen LogP contribution in [-0.4, -0.2) is 11.8 Å². The van der Waals surface area contributed by atoms with E-state index < -0.39 is 0 Å². The number of hydrogen-bond acceptors (Lipinski definition) is 4. The van der Waals surface area contributed by atoms with Gasteiger partial charge in [-0.3, -0.25) is 0 Å². The number of halogens is 1. The van der Waals surface area contributed by atoms with Crippen molar-refractivity contribution in [3.05, 3.63) is 30.1 Å². The van der Waals surface area contributed by atoms with Gasteiger partial charge in [0.05, 0.1) is 12.2 Å². The third-order valence-electron chi connectivity index (χ3n) is 2.91. The zero-order valence-electron chi connectivity index (χ0n) is 9.73. The lowest BCUT2D eigenvalue weighted by atomic mass is 10.1. The van der Waals surface area contributed by atoms with Crippen molar-refractivity contribution in [1.82, 2.24) is 5.16 Å². The summed E-state index contributed by atoms with van der Waals surface area (Å²) in [4.78, 5) is 0. The molecule has 94 valence electrons. The molecule has 0 radical (unpaired) electrons. The quantitative estimate of drug-likeness (QED) is 0.903. The lowest BCUT2D eigenvalue weighted by molar-refractivity contribution is 0.299. The van der Waals surface area contributed by atoms with E-state index in [0.717, 1.165) is 0 Å². The number of benzene rings is 1. The molecule has 1 aromatic heterocycles. The van der Waals surface area contributed by atoms with Crippen LogP contribution in [0.1, 0.15) is 12.8 Å². The average molecular weight is 248 g/mol. The second kappa shape index (κ2) is 4.33. The second-order valence-electron chi connectivity index (χ2n) is 4.51. The van der Waals surface area contributed by atoms with E-state index in [-0.39, 0.29) is 11.6 Å². The molecule has 1 aliphatic carbocycles. The summed E-state index contributed by atoms with van der Waals surface area (Å²) in [5.41, 5.74) is 6.04. The maximum atomic E-state index is 13.3. The molecule has 0 unspecified atom stereocenters. The molecule has 0 amide bonds. The van der Waals surface area contributed by atoms with E-state index in [0.29, 0.717) is 29.6 Å². The maximum absolute atomic E-state index is 13.3. The first-order valence-electron chi connectivity index (χ1n) is 5.87. The number of anilines is 1. The lowest BCUT2D eigenvalue weighted by Gasteiger charge is -2.09. The largest absolute Gasteiger partial charge is 0.493 e. The third kappa shape index (κ3) is 2.30. The van der Waals surface area contributed by atoms with Crippen molar-refractivity contribution in [3.8, 4) is 17.1 Å². The van der Waals surface area contributed by atoms with Crippen molar-refractivity contribution >= 4 is 5.82 Å². The van der Waals surface area contributed by atoms with Gasteiger partial charge in [0, 0.05) is 6.07 Å². The first kappa shape index (κ1) is 11.1. The Balaban J connectivity index is 1.91. The van der Waals surface area contributed by atoms with Crippen LogP contribution in [-0.2, 0) is 0 Å². The molecule has 1 fully saturated rings. The van der Waals surface area contributed by atoms with Gasteiger partial charge in [0.2, 0.25) is 0 Å². The highest BCUT2D eigenvalue weighted by atomic mass is 19.1. The molecule has 5 heteroatoms. The fraction of sp³-hybridized carbons (Fsp3) is 0.308. The monoisotopic (exact) mass is 248 g/mol. The van der Waals surface area contributed by atoms with Crippen molar-refractivity contribution in [1.29, 1.82) is 0 Å². The van der Waals surface area contributed by atoms with Crippen LogP contribution < -0.4 is 10.5 Å². The lowest BCUT2D eigenvalue weighted by Crippen LogP contribution is -2.00. The highest BCUT2D eigenvalue weighted by Crippen LogP contribution is 2.34. The number of rotatable bonds is 4. The van der Waals surface area contributed by atoms with E-state index in [9.17, 15) is 4.39 Å². The van der Waals surface area contributed by atoms with Crippen LogP contribution in [0.25, 0.3) is 11.3 Å². The predicted octanol–water partition coefficient (Wildman–Crippen LogP) is 2.85. The van der Waals surface area contributed by atoms with Crippen LogP contribution in [0, 0.1) is 11.7 Å². The highest BCUT2D eigenvalue weighted by Gasteiger charge is 2.23. The van der Waals surface area contributed by atoms with Crippen LogP contribution in [0.3, 0.4) is 0 Å². The fourth-order valence-electron chi connectivity index (χ4n) is 1.73. The van der Waals surface area contributed by atoms with Crippen molar-refractivity contribution in [2.75, 3.05) is 12.3 Å². The van der Waals surface area contributed by atoms with Gasteiger partial charge in [-0.1, -0.05) is 5.16 Å². The Labute approximate surface area is 104 Å². The van der Waals surface area contributed by atoms with Crippen LogP contribution in [0.15, 0.2) is 28.8 Å². The minimum atomic E-state index is -0.348. The number of nitrogens with two attached hydrogens (primary N) is 1. The standard InChI is InChI=1S/C13H13FN2O2/c14-9-3-4-11(17-7-8-1-2-8)10(5-9)12-6-13(15)16-18-12/h3-6,8H,1-2,7H2,(H2,15,16). The number of nitrogen functional groups attached to an aromatic ring is 1. The smallest absolute Gasteiger partial charge is 0.172 e. The zero-order chi connectivity index (χ0) is 12.5. The Morgan fingerprint density at radius 2 is 2.22 bits per heavy atom. The summed E-state index contributed by atoms with van der Waals surface area (Å²) >= 11 is 0. The second-order valence-corrected chi connectivity index (χ2v) is 4.51. The topological polar surface area (TPSA) is 61.3 Å². The summed E-state index contributed by atoms with van der Waals surface area (Å²) in [7, 11) is 0. The van der Waals surface area contributed by atoms with Gasteiger partial charge in [-0.15, -0.1) is 0 Å². The molecule has 1 aromatic carbocycles. The van der Waals surface area contributed by atoms with Gasteiger partial charge in [0.25, 0.3) is 0 Å². The summed E-state index contributed by atoms with van der Waals surface area (Å²) in [6.45, 7) is 0.655. The van der Waals surface area contributed by atoms with E-state index in [4.69, 9.17) is 15.0 Å². The molecule has 0 bridgehead atoms. The Hall–Kier alpha value is -2.04. The molecule has 0 spiro atoms. The van der Waals surface area contributed by atoms with E-state index in [1.54, 1.807) is 12.1 Å². The van der Waals surface area contributed by atoms with Gasteiger partial charge in [-0.2, -0.15) is 0 Å². The van der Waals surface area contributed by atoms with Gasteiger partial charge < -0.3 is 15.0 Å². The van der Waals surface area contributed by atoms with Crippen molar-refractivity contribution in [2.24, 2.45) is 5.92 Å². The molecule has 0 saturated heterocycles. The molecular weight excluding hydrogens is 235 g/mol. The van der Waals surface area contributed by atoms with E-state index in [1.165, 1.54) is 25.0 Å². The fourth-order valence-corrected chi connectivity index (χ4v) is 1.73. The van der Waals surface area contributed by atoms with E-state index >= 15 is 0 Å². The third-order valence-corrected chi connectivity index (χ3v) is 2.91. The van der Waals surface area contributed by atoms with Gasteiger partial charge in [0.1, 0.15) is 11.6 Å². The van der Waals surface area contributed by atoms with Gasteiger partial charge >= 0.3 is 0 Å². The summed E-state index contributed by atoms with van der Waals surface area (Å²) < 4.78 is 24.0. The number of aromatic nitrogens is 1. The maximum Gasteiger partial charge on any atom is 0.172 e. The normalized spacial score (nSPS) is 14.7. The number of nitrogens with zero attached hydrogens (tertiary/aromatic N) is 1. The molecule has 1 saturated carbocycles. The summed E-state index contributed by atoms with van der Waals surface area (Å²) in [5, 5.41) is 3.60. The SMILES string of the molecule is Nc1cc(-c2cc(F)ccc2OCC2CC2)on1. The molecule has 1 heterocycles. The Morgan fingerprint density at radius 3 is 2.89 bits per heavy atom. The van der Waals surface area contributed by atoms with E-state index in [2.05, 4.69) is 5.16 Å². The molecule has 18 heavy (non-hydrogen) atoms. The molecule has 1 aliphatic rings. The molecule has 4 nitrogen and oxygen atoms in total. The number of ether oxygens (including phenoxy) is 1.